The Labute approximate surface area is 240 Å². The number of carbonyl (C=O) groups is 1. The lowest BCUT2D eigenvalue weighted by atomic mass is 9.46. The number of aliphatic hydroxyl groups excluding tert-OH is 4. The van der Waals surface area contributed by atoms with E-state index < -0.39 is 37.3 Å². The van der Waals surface area contributed by atoms with Gasteiger partial charge in [0.1, 0.15) is 24.4 Å². The summed E-state index contributed by atoms with van der Waals surface area (Å²) in [5.41, 5.74) is 1.37. The van der Waals surface area contributed by atoms with Crippen LogP contribution in [-0.2, 0) is 14.3 Å². The van der Waals surface area contributed by atoms with Gasteiger partial charge in [0.15, 0.2) is 12.1 Å². The summed E-state index contributed by atoms with van der Waals surface area (Å²) >= 11 is 0. The van der Waals surface area contributed by atoms with Gasteiger partial charge >= 0.3 is 0 Å². The molecule has 0 aromatic carbocycles. The zero-order valence-electron chi connectivity index (χ0n) is 25.3. The molecule has 1 saturated heterocycles. The number of fused-ring (bicyclic) bond motifs is 5. The van der Waals surface area contributed by atoms with Crippen molar-refractivity contribution >= 4 is 5.78 Å². The van der Waals surface area contributed by atoms with Crippen LogP contribution in [0.25, 0.3) is 0 Å². The molecule has 4 N–H and O–H groups in total. The van der Waals surface area contributed by atoms with E-state index in [0.717, 1.165) is 30.8 Å². The van der Waals surface area contributed by atoms with Crippen LogP contribution in [0.15, 0.2) is 11.6 Å². The van der Waals surface area contributed by atoms with Gasteiger partial charge in [-0.15, -0.1) is 0 Å². The Balaban J connectivity index is 1.28. The molecular formula is C33H54O7. The van der Waals surface area contributed by atoms with E-state index in [9.17, 15) is 25.2 Å². The van der Waals surface area contributed by atoms with Gasteiger partial charge in [-0.1, -0.05) is 59.5 Å². The van der Waals surface area contributed by atoms with Crippen molar-refractivity contribution in [1.82, 2.24) is 0 Å². The summed E-state index contributed by atoms with van der Waals surface area (Å²) in [6, 6.07) is 0. The van der Waals surface area contributed by atoms with Gasteiger partial charge < -0.3 is 29.9 Å². The fourth-order valence-electron chi connectivity index (χ4n) is 9.88. The van der Waals surface area contributed by atoms with Gasteiger partial charge in [-0.05, 0) is 91.4 Å². The average molecular weight is 563 g/mol. The summed E-state index contributed by atoms with van der Waals surface area (Å²) in [6.45, 7) is 11.5. The van der Waals surface area contributed by atoms with Gasteiger partial charge in [0.05, 0.1) is 12.7 Å². The standard InChI is InChI=1S/C33H54O7/c1-18(2)7-6-8-19(3)22-9-10-23-27-24(12-14-33(22,23)5)32(4)13-11-21(15-20(32)16-25(27)35)39-31-30(38)29(37)28(36)26(17-34)40-31/h16,18-19,21-24,26-31,34,36-38H,6-15,17H2,1-5H3/t19-,21?,22-,23?,24?,26-,27?,28+,29-,30-,31+,32+,33-/m1/s1. The first-order valence-corrected chi connectivity index (χ1v) is 16.1. The van der Waals surface area contributed by atoms with E-state index in [2.05, 4.69) is 34.6 Å². The van der Waals surface area contributed by atoms with Crippen molar-refractivity contribution in [3.05, 3.63) is 11.6 Å². The Morgan fingerprint density at radius 1 is 0.975 bits per heavy atom. The average Bonchev–Trinajstić information content (AvgIpc) is 3.26. The summed E-state index contributed by atoms with van der Waals surface area (Å²) in [4.78, 5) is 13.9. The first-order valence-electron chi connectivity index (χ1n) is 16.1. The number of allylic oxidation sites excluding steroid dienone is 1. The molecule has 0 aromatic rings. The number of carbonyl (C=O) groups excluding carboxylic acids is 1. The monoisotopic (exact) mass is 562 g/mol. The minimum absolute atomic E-state index is 0.0316. The number of hydrogen-bond donors (Lipinski definition) is 4. The minimum Gasteiger partial charge on any atom is -0.394 e. The van der Waals surface area contributed by atoms with E-state index >= 15 is 0 Å². The van der Waals surface area contributed by atoms with Crippen molar-refractivity contribution < 1.29 is 34.7 Å². The molecular weight excluding hydrogens is 508 g/mol. The molecule has 0 amide bonds. The maximum Gasteiger partial charge on any atom is 0.186 e. The predicted molar refractivity (Wildman–Crippen MR) is 152 cm³/mol. The molecule has 5 aliphatic rings. The Kier molecular flexibility index (Phi) is 8.95. The molecule has 0 aromatic heterocycles. The Bertz CT molecular complexity index is 947. The van der Waals surface area contributed by atoms with E-state index in [-0.39, 0.29) is 22.9 Å². The maximum absolute atomic E-state index is 13.9. The third-order valence-corrected chi connectivity index (χ3v) is 12.3. The van der Waals surface area contributed by atoms with Gasteiger partial charge in [-0.25, -0.2) is 0 Å². The van der Waals surface area contributed by atoms with Gasteiger partial charge in [-0.3, -0.25) is 4.79 Å². The molecule has 1 aliphatic heterocycles. The van der Waals surface area contributed by atoms with Crippen molar-refractivity contribution in [2.24, 2.45) is 46.3 Å². The van der Waals surface area contributed by atoms with Gasteiger partial charge in [0.25, 0.3) is 0 Å². The Morgan fingerprint density at radius 2 is 1.73 bits per heavy atom. The molecule has 3 saturated carbocycles. The fraction of sp³-hybridized carbons (Fsp3) is 0.909. The van der Waals surface area contributed by atoms with Crippen LogP contribution in [0.3, 0.4) is 0 Å². The van der Waals surface area contributed by atoms with Gasteiger partial charge in [0, 0.05) is 5.92 Å². The highest BCUT2D eigenvalue weighted by Gasteiger charge is 2.61. The van der Waals surface area contributed by atoms with Crippen molar-refractivity contribution in [3.8, 4) is 0 Å². The largest absolute Gasteiger partial charge is 0.394 e. The highest BCUT2D eigenvalue weighted by atomic mass is 16.7. The molecule has 7 nitrogen and oxygen atoms in total. The normalized spacial score (nSPS) is 47.9. The molecule has 5 rings (SSSR count). The van der Waals surface area contributed by atoms with Crippen molar-refractivity contribution in [2.75, 3.05) is 6.61 Å². The van der Waals surface area contributed by atoms with Crippen molar-refractivity contribution in [1.29, 1.82) is 0 Å². The van der Waals surface area contributed by atoms with Gasteiger partial charge in [0.2, 0.25) is 0 Å². The Morgan fingerprint density at radius 3 is 2.42 bits per heavy atom. The van der Waals surface area contributed by atoms with Crippen LogP contribution >= 0.6 is 0 Å². The SMILES string of the molecule is CC(C)CCC[C@@H](C)[C@H]1CCC2C3C(=O)C=C4CC(O[C@H]5O[C@H](CO)[C@H](O)[C@@H](O)[C@H]5O)CC[C@]4(C)C3CC[C@@]21C. The van der Waals surface area contributed by atoms with Crippen LogP contribution in [0.2, 0.25) is 0 Å². The molecule has 7 heteroatoms. The fourth-order valence-corrected chi connectivity index (χ4v) is 9.88. The van der Waals surface area contributed by atoms with E-state index in [1.807, 2.05) is 6.08 Å². The lowest BCUT2D eigenvalue weighted by molar-refractivity contribution is -0.313. The predicted octanol–water partition coefficient (Wildman–Crippen LogP) is 4.39. The van der Waals surface area contributed by atoms with Crippen LogP contribution in [0, 0.1) is 46.3 Å². The molecule has 13 atom stereocenters. The van der Waals surface area contributed by atoms with E-state index in [1.54, 1.807) is 0 Å². The molecule has 0 bridgehead atoms. The smallest absolute Gasteiger partial charge is 0.186 e. The van der Waals surface area contributed by atoms with E-state index in [0.29, 0.717) is 35.9 Å². The summed E-state index contributed by atoms with van der Waals surface area (Å²) in [5.74, 6) is 3.42. The number of aliphatic hydroxyl groups is 4. The quantitative estimate of drug-likeness (QED) is 0.347. The second kappa shape index (κ2) is 11.7. The van der Waals surface area contributed by atoms with E-state index in [4.69, 9.17) is 9.47 Å². The van der Waals surface area contributed by atoms with Crippen LogP contribution in [0.5, 0.6) is 0 Å². The van der Waals surface area contributed by atoms with Crippen molar-refractivity contribution in [2.45, 2.75) is 136 Å². The zero-order chi connectivity index (χ0) is 29.0. The third-order valence-electron chi connectivity index (χ3n) is 12.3. The molecule has 4 fully saturated rings. The summed E-state index contributed by atoms with van der Waals surface area (Å²) in [7, 11) is 0. The number of hydrogen-bond acceptors (Lipinski definition) is 7. The summed E-state index contributed by atoms with van der Waals surface area (Å²) in [6.07, 6.45) is 6.21. The summed E-state index contributed by atoms with van der Waals surface area (Å²) in [5, 5.41) is 40.3. The zero-order valence-corrected chi connectivity index (χ0v) is 25.3. The highest BCUT2D eigenvalue weighted by Crippen LogP contribution is 2.66. The topological polar surface area (TPSA) is 116 Å². The lowest BCUT2D eigenvalue weighted by Gasteiger charge is -2.58. The first-order chi connectivity index (χ1) is 18.9. The Hall–Kier alpha value is -0.830. The molecule has 4 unspecified atom stereocenters. The summed E-state index contributed by atoms with van der Waals surface area (Å²) < 4.78 is 11.7. The second-order valence-corrected chi connectivity index (χ2v) is 15.0. The molecule has 1 heterocycles. The first kappa shape index (κ1) is 30.6. The number of ketones is 1. The van der Waals surface area contributed by atoms with Gasteiger partial charge in [-0.2, -0.15) is 0 Å². The molecule has 0 spiro atoms. The number of ether oxygens (including phenoxy) is 2. The van der Waals surface area contributed by atoms with Crippen LogP contribution < -0.4 is 0 Å². The maximum atomic E-state index is 13.9. The molecule has 40 heavy (non-hydrogen) atoms. The van der Waals surface area contributed by atoms with E-state index in [1.165, 1.54) is 38.5 Å². The van der Waals surface area contributed by atoms with Crippen LogP contribution in [-0.4, -0.2) is 69.6 Å². The molecule has 4 aliphatic carbocycles. The number of rotatable bonds is 8. The molecule has 228 valence electrons. The van der Waals surface area contributed by atoms with Crippen molar-refractivity contribution in [3.63, 3.8) is 0 Å². The third kappa shape index (κ3) is 5.26. The second-order valence-electron chi connectivity index (χ2n) is 15.0. The lowest BCUT2D eigenvalue weighted by Crippen LogP contribution is -2.60. The molecule has 0 radical (unpaired) electrons. The highest BCUT2D eigenvalue weighted by molar-refractivity contribution is 5.94. The minimum atomic E-state index is -1.45. The van der Waals surface area contributed by atoms with Crippen LogP contribution in [0.4, 0.5) is 0 Å². The van der Waals surface area contributed by atoms with Crippen LogP contribution in [0.1, 0.15) is 98.8 Å².